The molecule has 0 heterocycles. The highest BCUT2D eigenvalue weighted by Crippen LogP contribution is 2.28. The monoisotopic (exact) mass is 417 g/mol. The van der Waals surface area contributed by atoms with E-state index in [2.05, 4.69) is 49.3 Å². The summed E-state index contributed by atoms with van der Waals surface area (Å²) >= 11 is 8.51. The smallest absolute Gasteiger partial charge is 0.128 e. The van der Waals surface area contributed by atoms with Crippen LogP contribution in [0.15, 0.2) is 56.3 Å². The molecule has 2 aromatic rings. The first kappa shape index (κ1) is 16.0. The number of rotatable bonds is 5. The van der Waals surface area contributed by atoms with E-state index >= 15 is 0 Å². The predicted molar refractivity (Wildman–Crippen MR) is 90.8 cm³/mol. The fraction of sp³-hybridized carbons (Fsp3) is 0.200. The molecule has 0 bridgehead atoms. The molecule has 0 saturated carbocycles. The zero-order chi connectivity index (χ0) is 14.5. The Morgan fingerprint density at radius 2 is 1.75 bits per heavy atom. The summed E-state index contributed by atoms with van der Waals surface area (Å²) in [6.07, 6.45) is 0. The van der Waals surface area contributed by atoms with Crippen molar-refractivity contribution in [2.45, 2.75) is 10.9 Å². The van der Waals surface area contributed by atoms with Crippen LogP contribution < -0.4 is 5.32 Å². The van der Waals surface area contributed by atoms with Gasteiger partial charge in [-0.2, -0.15) is 0 Å². The zero-order valence-corrected chi connectivity index (χ0v) is 14.9. The molecule has 0 aliphatic carbocycles. The number of hydrogen-bond acceptors (Lipinski definition) is 2. The van der Waals surface area contributed by atoms with Crippen molar-refractivity contribution in [3.63, 3.8) is 0 Å². The second kappa shape index (κ2) is 7.59. The summed E-state index contributed by atoms with van der Waals surface area (Å²) in [6.45, 7) is 0. The lowest BCUT2D eigenvalue weighted by atomic mass is 10.1. The molecule has 5 heteroatoms. The number of thioether (sulfide) groups is 1. The van der Waals surface area contributed by atoms with Crippen molar-refractivity contribution in [2.75, 3.05) is 12.8 Å². The third kappa shape index (κ3) is 4.32. The van der Waals surface area contributed by atoms with Gasteiger partial charge < -0.3 is 5.32 Å². The number of nitrogens with one attached hydrogen (secondary N) is 1. The van der Waals surface area contributed by atoms with Crippen molar-refractivity contribution < 1.29 is 4.39 Å². The second-order valence-corrected chi connectivity index (χ2v) is 7.20. The summed E-state index contributed by atoms with van der Waals surface area (Å²) in [5.41, 5.74) is 0.687. The van der Waals surface area contributed by atoms with Crippen LogP contribution in [0.2, 0.25) is 0 Å². The van der Waals surface area contributed by atoms with Gasteiger partial charge in [-0.1, -0.05) is 31.9 Å². The van der Waals surface area contributed by atoms with E-state index in [4.69, 9.17) is 0 Å². The van der Waals surface area contributed by atoms with Crippen LogP contribution in [0.3, 0.4) is 0 Å². The summed E-state index contributed by atoms with van der Waals surface area (Å²) in [5.74, 6) is 0.592. The summed E-state index contributed by atoms with van der Waals surface area (Å²) in [4.78, 5) is 1.17. The lowest BCUT2D eigenvalue weighted by Gasteiger charge is -2.17. The third-order valence-corrected chi connectivity index (χ3v) is 5.04. The van der Waals surface area contributed by atoms with E-state index < -0.39 is 0 Å². The van der Waals surface area contributed by atoms with E-state index in [1.54, 1.807) is 17.8 Å². The molecule has 0 aliphatic heterocycles. The quantitative estimate of drug-likeness (QED) is 0.652. The van der Waals surface area contributed by atoms with Crippen LogP contribution in [0.1, 0.15) is 11.6 Å². The normalized spacial score (nSPS) is 12.4. The van der Waals surface area contributed by atoms with Crippen LogP contribution in [0, 0.1) is 5.82 Å². The van der Waals surface area contributed by atoms with E-state index in [1.165, 1.54) is 11.0 Å². The van der Waals surface area contributed by atoms with Crippen molar-refractivity contribution in [3.05, 3.63) is 62.8 Å². The molecule has 1 atom stereocenters. The maximum atomic E-state index is 13.9. The van der Waals surface area contributed by atoms with Crippen molar-refractivity contribution >= 4 is 43.6 Å². The highest BCUT2D eigenvalue weighted by molar-refractivity contribution is 9.10. The van der Waals surface area contributed by atoms with Crippen molar-refractivity contribution in [1.29, 1.82) is 0 Å². The number of benzene rings is 2. The van der Waals surface area contributed by atoms with Crippen LogP contribution in [0.4, 0.5) is 4.39 Å². The first-order valence-corrected chi connectivity index (χ1v) is 8.68. The molecule has 0 amide bonds. The molecule has 0 saturated heterocycles. The SMILES string of the molecule is CNC(CSc1ccc(Br)cc1)c1cc(Br)ccc1F. The van der Waals surface area contributed by atoms with Gasteiger partial charge in [-0.3, -0.25) is 0 Å². The van der Waals surface area contributed by atoms with Gasteiger partial charge in [-0.25, -0.2) is 4.39 Å². The van der Waals surface area contributed by atoms with E-state index in [9.17, 15) is 4.39 Å². The molecule has 1 nitrogen and oxygen atoms in total. The van der Waals surface area contributed by atoms with Crippen molar-refractivity contribution in [1.82, 2.24) is 5.32 Å². The lowest BCUT2D eigenvalue weighted by molar-refractivity contribution is 0.565. The Balaban J connectivity index is 2.09. The summed E-state index contributed by atoms with van der Waals surface area (Å²) < 4.78 is 15.9. The highest BCUT2D eigenvalue weighted by Gasteiger charge is 2.14. The molecule has 1 N–H and O–H groups in total. The van der Waals surface area contributed by atoms with Gasteiger partial charge in [0.1, 0.15) is 5.82 Å². The van der Waals surface area contributed by atoms with Crippen molar-refractivity contribution in [2.24, 2.45) is 0 Å². The van der Waals surface area contributed by atoms with Crippen molar-refractivity contribution in [3.8, 4) is 0 Å². The number of halogens is 3. The molecule has 2 aromatic carbocycles. The van der Waals surface area contributed by atoms with Gasteiger partial charge in [0.05, 0.1) is 0 Å². The minimum absolute atomic E-state index is 0.0267. The van der Waals surface area contributed by atoms with E-state index in [0.717, 1.165) is 14.7 Å². The molecular formula is C15H14Br2FNS. The van der Waals surface area contributed by atoms with Gasteiger partial charge in [0.25, 0.3) is 0 Å². The predicted octanol–water partition coefficient (Wildman–Crippen LogP) is 5.40. The molecule has 0 aromatic heterocycles. The van der Waals surface area contributed by atoms with E-state index in [-0.39, 0.29) is 11.9 Å². The van der Waals surface area contributed by atoms with Crippen LogP contribution in [-0.4, -0.2) is 12.8 Å². The van der Waals surface area contributed by atoms with Crippen LogP contribution in [-0.2, 0) is 0 Å². The van der Waals surface area contributed by atoms with Gasteiger partial charge in [0, 0.05) is 31.2 Å². The molecule has 2 rings (SSSR count). The Bertz CT molecular complexity index is 575. The zero-order valence-electron chi connectivity index (χ0n) is 10.9. The summed E-state index contributed by atoms with van der Waals surface area (Å²) in [5, 5.41) is 3.18. The Kier molecular flexibility index (Phi) is 6.08. The Labute approximate surface area is 139 Å². The molecule has 0 fully saturated rings. The Morgan fingerprint density at radius 1 is 1.10 bits per heavy atom. The molecule has 0 radical (unpaired) electrons. The van der Waals surface area contributed by atoms with Gasteiger partial charge in [-0.05, 0) is 49.5 Å². The van der Waals surface area contributed by atoms with Crippen LogP contribution >= 0.6 is 43.6 Å². The Hall–Kier alpha value is -0.360. The van der Waals surface area contributed by atoms with Crippen LogP contribution in [0.25, 0.3) is 0 Å². The minimum Gasteiger partial charge on any atom is -0.312 e. The number of hydrogen-bond donors (Lipinski definition) is 1. The molecule has 0 spiro atoms. The second-order valence-electron chi connectivity index (χ2n) is 4.27. The molecular weight excluding hydrogens is 405 g/mol. The first-order valence-electron chi connectivity index (χ1n) is 6.10. The molecule has 20 heavy (non-hydrogen) atoms. The lowest BCUT2D eigenvalue weighted by Crippen LogP contribution is -2.20. The highest BCUT2D eigenvalue weighted by atomic mass is 79.9. The third-order valence-electron chi connectivity index (χ3n) is 2.91. The standard InChI is InChI=1S/C15H14Br2FNS/c1-19-15(13-8-11(17)4-7-14(13)18)9-20-12-5-2-10(16)3-6-12/h2-8,15,19H,9H2,1H3. The van der Waals surface area contributed by atoms with Gasteiger partial charge in [0.15, 0.2) is 0 Å². The van der Waals surface area contributed by atoms with E-state index in [0.29, 0.717) is 5.56 Å². The van der Waals surface area contributed by atoms with E-state index in [1.807, 2.05) is 25.2 Å². The minimum atomic E-state index is -0.177. The largest absolute Gasteiger partial charge is 0.312 e. The maximum Gasteiger partial charge on any atom is 0.128 e. The summed E-state index contributed by atoms with van der Waals surface area (Å²) in [7, 11) is 1.85. The van der Waals surface area contributed by atoms with Gasteiger partial charge >= 0.3 is 0 Å². The average Bonchev–Trinajstić information content (AvgIpc) is 2.45. The Morgan fingerprint density at radius 3 is 2.40 bits per heavy atom. The maximum absolute atomic E-state index is 13.9. The van der Waals surface area contributed by atoms with Crippen LogP contribution in [0.5, 0.6) is 0 Å². The molecule has 1 unspecified atom stereocenters. The topological polar surface area (TPSA) is 12.0 Å². The summed E-state index contributed by atoms with van der Waals surface area (Å²) in [6, 6.07) is 13.1. The fourth-order valence-corrected chi connectivity index (χ4v) is 3.50. The average molecular weight is 419 g/mol. The molecule has 0 aliphatic rings. The molecule has 106 valence electrons. The van der Waals surface area contributed by atoms with Gasteiger partial charge in [0.2, 0.25) is 0 Å². The first-order chi connectivity index (χ1) is 9.60. The van der Waals surface area contributed by atoms with Gasteiger partial charge in [-0.15, -0.1) is 11.8 Å². The fourth-order valence-electron chi connectivity index (χ4n) is 1.82.